The predicted molar refractivity (Wildman–Crippen MR) is 111 cm³/mol. The van der Waals surface area contributed by atoms with Gasteiger partial charge in [-0.15, -0.1) is 0 Å². The molecule has 0 bridgehead atoms. The van der Waals surface area contributed by atoms with Crippen LogP contribution in [0.3, 0.4) is 0 Å². The van der Waals surface area contributed by atoms with Crippen molar-refractivity contribution in [3.8, 4) is 23.0 Å². The maximum atomic E-state index is 12.6. The van der Waals surface area contributed by atoms with E-state index in [1.165, 1.54) is 6.20 Å². The van der Waals surface area contributed by atoms with Gasteiger partial charge in [0.15, 0.2) is 5.82 Å². The van der Waals surface area contributed by atoms with E-state index >= 15 is 0 Å². The highest BCUT2D eigenvalue weighted by Gasteiger charge is 2.18. The van der Waals surface area contributed by atoms with Gasteiger partial charge in [-0.1, -0.05) is 56.3 Å². The van der Waals surface area contributed by atoms with Crippen molar-refractivity contribution < 1.29 is 9.53 Å². The van der Waals surface area contributed by atoms with Crippen LogP contribution >= 0.6 is 0 Å². The Labute approximate surface area is 165 Å². The topological polar surface area (TPSA) is 64.1 Å². The minimum Gasteiger partial charge on any atom is -0.438 e. The summed E-state index contributed by atoms with van der Waals surface area (Å²) in [6.45, 7) is 8.06. The first-order valence-electron chi connectivity index (χ1n) is 9.45. The van der Waals surface area contributed by atoms with Gasteiger partial charge in [0.1, 0.15) is 11.3 Å². The van der Waals surface area contributed by atoms with Crippen molar-refractivity contribution >= 4 is 5.91 Å². The molecule has 2 aromatic carbocycles. The van der Waals surface area contributed by atoms with Crippen molar-refractivity contribution in [1.82, 2.24) is 15.3 Å². The molecule has 1 amide bonds. The maximum absolute atomic E-state index is 12.6. The monoisotopic (exact) mass is 375 g/mol. The van der Waals surface area contributed by atoms with E-state index in [1.807, 2.05) is 62.4 Å². The number of nitrogens with one attached hydrogen (secondary N) is 1. The van der Waals surface area contributed by atoms with Gasteiger partial charge in [0.2, 0.25) is 5.88 Å². The number of carbonyl (C=O) groups excluding carboxylic acids is 1. The van der Waals surface area contributed by atoms with Crippen LogP contribution < -0.4 is 10.1 Å². The number of carbonyl (C=O) groups is 1. The number of amides is 1. The third-order valence-electron chi connectivity index (χ3n) is 4.19. The average molecular weight is 375 g/mol. The van der Waals surface area contributed by atoms with Gasteiger partial charge < -0.3 is 10.1 Å². The van der Waals surface area contributed by atoms with Crippen LogP contribution in [-0.2, 0) is 0 Å². The molecule has 5 nitrogen and oxygen atoms in total. The van der Waals surface area contributed by atoms with Crippen molar-refractivity contribution in [2.24, 2.45) is 0 Å². The molecule has 0 aliphatic rings. The first-order valence-corrected chi connectivity index (χ1v) is 9.45. The second-order valence-corrected chi connectivity index (χ2v) is 7.24. The van der Waals surface area contributed by atoms with Gasteiger partial charge in [0, 0.05) is 17.8 Å². The number of hydrogen-bond acceptors (Lipinski definition) is 4. The molecule has 0 fully saturated rings. The summed E-state index contributed by atoms with van der Waals surface area (Å²) in [7, 11) is 0. The summed E-state index contributed by atoms with van der Waals surface area (Å²) in [5, 5.41) is 2.88. The summed E-state index contributed by atoms with van der Waals surface area (Å²) in [4.78, 5) is 21.5. The molecule has 1 heterocycles. The second-order valence-electron chi connectivity index (χ2n) is 7.24. The smallest absolute Gasteiger partial charge is 0.258 e. The Morgan fingerprint density at radius 2 is 1.75 bits per heavy atom. The minimum atomic E-state index is -0.260. The van der Waals surface area contributed by atoms with Gasteiger partial charge in [0.05, 0.1) is 0 Å². The average Bonchev–Trinajstić information content (AvgIpc) is 2.68. The summed E-state index contributed by atoms with van der Waals surface area (Å²) in [5.41, 5.74) is 2.32. The first kappa shape index (κ1) is 19.5. The number of benzene rings is 2. The molecule has 0 saturated carbocycles. The van der Waals surface area contributed by atoms with Crippen LogP contribution in [0.15, 0.2) is 60.8 Å². The van der Waals surface area contributed by atoms with E-state index in [2.05, 4.69) is 35.2 Å². The Balaban J connectivity index is 2.02. The maximum Gasteiger partial charge on any atom is 0.258 e. The minimum absolute atomic E-state index is 0.00146. The van der Waals surface area contributed by atoms with E-state index in [9.17, 15) is 4.79 Å². The Morgan fingerprint density at radius 3 is 2.43 bits per heavy atom. The molecule has 1 aromatic heterocycles. The summed E-state index contributed by atoms with van der Waals surface area (Å²) in [5.74, 6) is 1.51. The highest BCUT2D eigenvalue weighted by molar-refractivity contribution is 5.96. The van der Waals surface area contributed by atoms with Gasteiger partial charge in [-0.3, -0.25) is 4.79 Å². The summed E-state index contributed by atoms with van der Waals surface area (Å²) in [6.07, 6.45) is 1.52. The molecule has 1 N–H and O–H groups in total. The Kier molecular flexibility index (Phi) is 6.04. The Morgan fingerprint density at radius 1 is 1.00 bits per heavy atom. The third kappa shape index (κ3) is 4.74. The molecular weight excluding hydrogens is 350 g/mol. The van der Waals surface area contributed by atoms with Gasteiger partial charge in [-0.05, 0) is 37.5 Å². The summed E-state index contributed by atoms with van der Waals surface area (Å²) < 4.78 is 6.05. The van der Waals surface area contributed by atoms with Gasteiger partial charge in [-0.2, -0.15) is 4.98 Å². The van der Waals surface area contributed by atoms with Crippen LogP contribution in [0.2, 0.25) is 0 Å². The number of ether oxygens (including phenoxy) is 1. The zero-order valence-corrected chi connectivity index (χ0v) is 16.6. The number of aromatic nitrogens is 2. The molecule has 0 atom stereocenters. The molecule has 28 heavy (non-hydrogen) atoms. The predicted octanol–water partition coefficient (Wildman–Crippen LogP) is 5.20. The fraction of sp³-hybridized carbons (Fsp3) is 0.261. The largest absolute Gasteiger partial charge is 0.438 e. The van der Waals surface area contributed by atoms with Gasteiger partial charge in [0.25, 0.3) is 5.91 Å². The van der Waals surface area contributed by atoms with E-state index < -0.39 is 0 Å². The van der Waals surface area contributed by atoms with Crippen LogP contribution in [0.1, 0.15) is 49.5 Å². The van der Waals surface area contributed by atoms with Crippen molar-refractivity contribution in [3.63, 3.8) is 0 Å². The zero-order chi connectivity index (χ0) is 20.1. The first-order chi connectivity index (χ1) is 13.4. The fourth-order valence-corrected chi connectivity index (χ4v) is 2.71. The molecule has 0 saturated heterocycles. The lowest BCUT2D eigenvalue weighted by Crippen LogP contribution is -2.30. The van der Waals surface area contributed by atoms with Crippen molar-refractivity contribution in [2.45, 2.75) is 39.7 Å². The van der Waals surface area contributed by atoms with Crippen molar-refractivity contribution in [1.29, 1.82) is 0 Å². The molecular formula is C23H25N3O2. The number of nitrogens with zero attached hydrogens (tertiary/aromatic N) is 2. The van der Waals surface area contributed by atoms with E-state index in [0.29, 0.717) is 23.1 Å². The van der Waals surface area contributed by atoms with E-state index in [0.717, 1.165) is 11.1 Å². The third-order valence-corrected chi connectivity index (χ3v) is 4.19. The molecule has 0 aliphatic heterocycles. The Hall–Kier alpha value is -3.21. The van der Waals surface area contributed by atoms with Crippen molar-refractivity contribution in [2.75, 3.05) is 0 Å². The Bertz CT molecular complexity index is 953. The quantitative estimate of drug-likeness (QED) is 0.643. The van der Waals surface area contributed by atoms with Crippen LogP contribution in [0.25, 0.3) is 11.4 Å². The van der Waals surface area contributed by atoms with Crippen molar-refractivity contribution in [3.05, 3.63) is 71.9 Å². The highest BCUT2D eigenvalue weighted by atomic mass is 16.5. The molecule has 0 aliphatic carbocycles. The van der Waals surface area contributed by atoms with Crippen LogP contribution in [-0.4, -0.2) is 21.9 Å². The van der Waals surface area contributed by atoms with E-state index in [4.69, 9.17) is 4.74 Å². The van der Waals surface area contributed by atoms with Crippen LogP contribution in [0.4, 0.5) is 0 Å². The molecule has 0 radical (unpaired) electrons. The van der Waals surface area contributed by atoms with Crippen LogP contribution in [0.5, 0.6) is 11.6 Å². The normalized spacial score (nSPS) is 10.9. The summed E-state index contributed by atoms with van der Waals surface area (Å²) in [6, 6.07) is 17.5. The molecule has 144 valence electrons. The van der Waals surface area contributed by atoms with Gasteiger partial charge in [-0.25, -0.2) is 4.98 Å². The molecule has 3 aromatic rings. The molecule has 3 rings (SSSR count). The van der Waals surface area contributed by atoms with E-state index in [-0.39, 0.29) is 17.8 Å². The fourth-order valence-electron chi connectivity index (χ4n) is 2.71. The summed E-state index contributed by atoms with van der Waals surface area (Å²) >= 11 is 0. The lowest BCUT2D eigenvalue weighted by molar-refractivity contribution is 0.0939. The van der Waals surface area contributed by atoms with E-state index in [1.54, 1.807) is 0 Å². The zero-order valence-electron chi connectivity index (χ0n) is 16.6. The lowest BCUT2D eigenvalue weighted by atomic mass is 10.0. The number of hydrogen-bond donors (Lipinski definition) is 1. The lowest BCUT2D eigenvalue weighted by Gasteiger charge is -2.14. The molecule has 0 unspecified atom stereocenters. The molecule has 5 heteroatoms. The standard InChI is InChI=1S/C23H25N3O2/c1-15(2)18-11-8-12-19(13-18)28-23-20(22(27)25-16(3)4)14-24-21(26-23)17-9-6-5-7-10-17/h5-16H,1-4H3,(H,25,27). The number of rotatable bonds is 6. The SMILES string of the molecule is CC(C)NC(=O)c1cnc(-c2ccccc2)nc1Oc1cccc(C(C)C)c1. The highest BCUT2D eigenvalue weighted by Crippen LogP contribution is 2.28. The second kappa shape index (κ2) is 8.65. The van der Waals surface area contributed by atoms with Gasteiger partial charge >= 0.3 is 0 Å². The molecule has 0 spiro atoms. The van der Waals surface area contributed by atoms with Crippen LogP contribution in [0, 0.1) is 0 Å².